The molecule has 1 amide bonds. The molecule has 1 aliphatic carbocycles. The Morgan fingerprint density at radius 1 is 1.24 bits per heavy atom. The zero-order valence-electron chi connectivity index (χ0n) is 18.6. The number of nitrogen functional groups attached to an aromatic ring is 1. The highest BCUT2D eigenvalue weighted by atomic mass is 16.3. The number of fused-ring (bicyclic) bond motifs is 2. The predicted octanol–water partition coefficient (Wildman–Crippen LogP) is 1.98. The lowest BCUT2D eigenvalue weighted by molar-refractivity contribution is -0.124. The Morgan fingerprint density at radius 2 is 2.09 bits per heavy atom. The summed E-state index contributed by atoms with van der Waals surface area (Å²) in [5.41, 5.74) is 8.85. The van der Waals surface area contributed by atoms with Crippen LogP contribution in [-0.4, -0.2) is 52.2 Å². The maximum atomic E-state index is 13.0. The molecule has 0 spiro atoms. The molecule has 0 unspecified atom stereocenters. The molecule has 5 rings (SSSR count). The second-order valence-electron chi connectivity index (χ2n) is 8.60. The first kappa shape index (κ1) is 21.3. The van der Waals surface area contributed by atoms with Gasteiger partial charge in [-0.05, 0) is 37.8 Å². The van der Waals surface area contributed by atoms with E-state index < -0.39 is 6.10 Å². The van der Waals surface area contributed by atoms with Crippen molar-refractivity contribution < 1.29 is 9.90 Å². The van der Waals surface area contributed by atoms with Gasteiger partial charge < -0.3 is 25.3 Å². The lowest BCUT2D eigenvalue weighted by Gasteiger charge is -2.36. The van der Waals surface area contributed by atoms with E-state index in [1.807, 2.05) is 33.4 Å². The number of aliphatic hydroxyl groups is 1. The summed E-state index contributed by atoms with van der Waals surface area (Å²) in [7, 11) is 0. The number of nitrogens with zero attached hydrogens (tertiary/aromatic N) is 6. The van der Waals surface area contributed by atoms with Crippen LogP contribution in [0.4, 0.5) is 5.82 Å². The molecule has 0 aliphatic heterocycles. The van der Waals surface area contributed by atoms with E-state index in [2.05, 4.69) is 27.2 Å². The third-order valence-electron chi connectivity index (χ3n) is 6.42. The molecule has 0 bridgehead atoms. The number of nitrogens with one attached hydrogen (secondary N) is 1. The average molecular weight is 449 g/mol. The molecule has 3 heterocycles. The fraction of sp³-hybridized carbons (Fsp3) is 0.435. The molecule has 3 atom stereocenters. The number of aryl methyl sites for hydroxylation is 1. The van der Waals surface area contributed by atoms with Gasteiger partial charge in [-0.25, -0.2) is 19.9 Å². The number of nitrogens with two attached hydrogens (primary N) is 1. The molecular formula is C23H28N8O2. The Morgan fingerprint density at radius 3 is 2.94 bits per heavy atom. The molecule has 1 aliphatic rings. The summed E-state index contributed by atoms with van der Waals surface area (Å²) in [4.78, 5) is 30.4. The monoisotopic (exact) mass is 448 g/mol. The minimum atomic E-state index is -0.772. The quantitative estimate of drug-likeness (QED) is 0.410. The van der Waals surface area contributed by atoms with Crippen LogP contribution in [0.5, 0.6) is 0 Å². The number of carbonyl (C=O) groups is 1. The molecule has 1 saturated carbocycles. The number of amides is 1. The Kier molecular flexibility index (Phi) is 5.67. The van der Waals surface area contributed by atoms with E-state index in [1.54, 1.807) is 6.33 Å². The number of hydrogen-bond acceptors (Lipinski definition) is 7. The lowest BCUT2D eigenvalue weighted by Crippen LogP contribution is -2.50. The van der Waals surface area contributed by atoms with Gasteiger partial charge in [-0.1, -0.05) is 19.1 Å². The summed E-state index contributed by atoms with van der Waals surface area (Å²) < 4.78 is 3.82. The topological polar surface area (TPSA) is 137 Å². The molecule has 10 nitrogen and oxygen atoms in total. The van der Waals surface area contributed by atoms with Gasteiger partial charge in [0, 0.05) is 6.42 Å². The van der Waals surface area contributed by atoms with Crippen molar-refractivity contribution in [2.45, 2.75) is 63.8 Å². The maximum Gasteiger partial charge on any atom is 0.240 e. The first-order valence-electron chi connectivity index (χ1n) is 11.4. The number of carbonyl (C=O) groups excluding carboxylic acids is 1. The minimum absolute atomic E-state index is 0.137. The van der Waals surface area contributed by atoms with E-state index in [9.17, 15) is 9.90 Å². The average Bonchev–Trinajstić information content (AvgIpc) is 3.38. The summed E-state index contributed by atoms with van der Waals surface area (Å²) in [6, 6.07) is 7.23. The molecule has 172 valence electrons. The Bertz CT molecular complexity index is 1300. The molecule has 0 radical (unpaired) electrons. The Labute approximate surface area is 190 Å². The number of aliphatic hydroxyl groups excluding tert-OH is 1. The van der Waals surface area contributed by atoms with Crippen molar-refractivity contribution in [1.82, 2.24) is 34.4 Å². The molecule has 33 heavy (non-hydrogen) atoms. The van der Waals surface area contributed by atoms with Crippen LogP contribution in [-0.2, 0) is 17.8 Å². The van der Waals surface area contributed by atoms with Crippen molar-refractivity contribution in [3.8, 4) is 0 Å². The molecule has 4 N–H and O–H groups in total. The molecular weight excluding hydrogens is 420 g/mol. The SMILES string of the molecule is CCCc1nc2ccccc2n1CC(=O)N[C@H]1CCC[C@H](n2cnc3c(N)ncnc32)[C@H]1O. The van der Waals surface area contributed by atoms with E-state index in [-0.39, 0.29) is 24.5 Å². The molecule has 10 heteroatoms. The van der Waals surface area contributed by atoms with Gasteiger partial charge in [0.25, 0.3) is 0 Å². The van der Waals surface area contributed by atoms with Crippen molar-refractivity contribution in [2.24, 2.45) is 0 Å². The van der Waals surface area contributed by atoms with Crippen molar-refractivity contribution in [1.29, 1.82) is 0 Å². The molecule has 0 saturated heterocycles. The fourth-order valence-corrected chi connectivity index (χ4v) is 4.84. The van der Waals surface area contributed by atoms with Crippen LogP contribution in [0.15, 0.2) is 36.9 Å². The standard InChI is InChI=1S/C23H28N8O2/c1-2-6-18-28-14-7-3-4-9-16(14)30(18)11-19(32)29-15-8-5-10-17(21(15)33)31-13-27-20-22(24)25-12-26-23(20)31/h3-4,7,9,12-13,15,17,21,33H,2,5-6,8,10-11H2,1H3,(H,29,32)(H2,24,25,26)/t15-,17-,21-/m0/s1. The van der Waals surface area contributed by atoms with Crippen LogP contribution in [0.2, 0.25) is 0 Å². The fourth-order valence-electron chi connectivity index (χ4n) is 4.84. The van der Waals surface area contributed by atoms with Gasteiger partial charge in [0.15, 0.2) is 11.5 Å². The van der Waals surface area contributed by atoms with Gasteiger partial charge in [0.2, 0.25) is 5.91 Å². The number of para-hydroxylation sites is 2. The molecule has 3 aromatic heterocycles. The summed E-state index contributed by atoms with van der Waals surface area (Å²) in [5, 5.41) is 14.2. The third-order valence-corrected chi connectivity index (χ3v) is 6.42. The Hall–Kier alpha value is -3.53. The first-order chi connectivity index (χ1) is 16.1. The second-order valence-corrected chi connectivity index (χ2v) is 8.60. The van der Waals surface area contributed by atoms with E-state index >= 15 is 0 Å². The van der Waals surface area contributed by atoms with E-state index in [4.69, 9.17) is 10.7 Å². The summed E-state index contributed by atoms with van der Waals surface area (Å²) >= 11 is 0. The van der Waals surface area contributed by atoms with Gasteiger partial charge in [-0.3, -0.25) is 4.79 Å². The number of rotatable bonds is 6. The van der Waals surface area contributed by atoms with Crippen LogP contribution in [0, 0.1) is 0 Å². The van der Waals surface area contributed by atoms with Gasteiger partial charge in [0.1, 0.15) is 24.2 Å². The van der Waals surface area contributed by atoms with Crippen LogP contribution in [0.3, 0.4) is 0 Å². The van der Waals surface area contributed by atoms with E-state index in [0.717, 1.165) is 42.5 Å². The third kappa shape index (κ3) is 3.91. The zero-order chi connectivity index (χ0) is 22.9. The van der Waals surface area contributed by atoms with E-state index in [1.165, 1.54) is 6.33 Å². The Balaban J connectivity index is 1.34. The van der Waals surface area contributed by atoms with Crippen molar-refractivity contribution >= 4 is 33.9 Å². The van der Waals surface area contributed by atoms with Crippen LogP contribution in [0.25, 0.3) is 22.2 Å². The van der Waals surface area contributed by atoms with Gasteiger partial charge in [-0.15, -0.1) is 0 Å². The number of anilines is 1. The number of aromatic nitrogens is 6. The smallest absolute Gasteiger partial charge is 0.240 e. The highest BCUT2D eigenvalue weighted by Gasteiger charge is 2.35. The van der Waals surface area contributed by atoms with Gasteiger partial charge in [-0.2, -0.15) is 0 Å². The molecule has 4 aromatic rings. The summed E-state index contributed by atoms with van der Waals surface area (Å²) in [6.45, 7) is 2.27. The largest absolute Gasteiger partial charge is 0.389 e. The van der Waals surface area contributed by atoms with E-state index in [0.29, 0.717) is 23.4 Å². The van der Waals surface area contributed by atoms with Crippen molar-refractivity contribution in [3.63, 3.8) is 0 Å². The normalized spacial score (nSPS) is 21.0. The highest BCUT2D eigenvalue weighted by Crippen LogP contribution is 2.31. The highest BCUT2D eigenvalue weighted by molar-refractivity contribution is 5.82. The van der Waals surface area contributed by atoms with Crippen molar-refractivity contribution in [2.75, 3.05) is 5.73 Å². The zero-order valence-corrected chi connectivity index (χ0v) is 18.6. The van der Waals surface area contributed by atoms with Gasteiger partial charge in [0.05, 0.1) is 35.5 Å². The summed E-state index contributed by atoms with van der Waals surface area (Å²) in [6.07, 6.45) is 6.34. The van der Waals surface area contributed by atoms with Crippen LogP contribution in [0.1, 0.15) is 44.5 Å². The molecule has 1 fully saturated rings. The second kappa shape index (κ2) is 8.78. The maximum absolute atomic E-state index is 13.0. The minimum Gasteiger partial charge on any atom is -0.389 e. The number of benzene rings is 1. The van der Waals surface area contributed by atoms with Crippen LogP contribution < -0.4 is 11.1 Å². The lowest BCUT2D eigenvalue weighted by atomic mass is 9.88. The van der Waals surface area contributed by atoms with Crippen molar-refractivity contribution in [3.05, 3.63) is 42.7 Å². The first-order valence-corrected chi connectivity index (χ1v) is 11.4. The van der Waals surface area contributed by atoms with Crippen LogP contribution >= 0.6 is 0 Å². The van der Waals surface area contributed by atoms with Gasteiger partial charge >= 0.3 is 0 Å². The predicted molar refractivity (Wildman–Crippen MR) is 124 cm³/mol. The number of hydrogen-bond donors (Lipinski definition) is 3. The molecule has 1 aromatic carbocycles. The summed E-state index contributed by atoms with van der Waals surface area (Å²) in [5.74, 6) is 1.07. The number of imidazole rings is 2.